The van der Waals surface area contributed by atoms with E-state index in [1.165, 1.54) is 12.1 Å². The van der Waals surface area contributed by atoms with Gasteiger partial charge in [-0.15, -0.1) is 0 Å². The first-order valence-electron chi connectivity index (χ1n) is 7.65. The van der Waals surface area contributed by atoms with E-state index in [1.54, 1.807) is 0 Å². The van der Waals surface area contributed by atoms with Crippen LogP contribution in [-0.4, -0.2) is 10.9 Å². The zero-order chi connectivity index (χ0) is 19.4. The van der Waals surface area contributed by atoms with Gasteiger partial charge in [0, 0.05) is 17.9 Å². The Morgan fingerprint density at radius 1 is 1.25 bits per heavy atom. The van der Waals surface area contributed by atoms with Crippen molar-refractivity contribution in [1.29, 1.82) is 0 Å². The van der Waals surface area contributed by atoms with E-state index < -0.39 is 17.5 Å². The molecule has 3 aromatic rings. The van der Waals surface area contributed by atoms with E-state index in [9.17, 15) is 18.7 Å². The van der Waals surface area contributed by atoms with Gasteiger partial charge in [-0.3, -0.25) is 4.79 Å². The van der Waals surface area contributed by atoms with Crippen molar-refractivity contribution < 1.29 is 25.8 Å². The van der Waals surface area contributed by atoms with Gasteiger partial charge in [-0.05, 0) is 50.1 Å². The van der Waals surface area contributed by atoms with Crippen LogP contribution < -0.4 is 0 Å². The van der Waals surface area contributed by atoms with E-state index in [0.717, 1.165) is 12.1 Å². The van der Waals surface area contributed by atoms with Gasteiger partial charge >= 0.3 is 5.92 Å². The molecule has 1 aromatic heterocycles. The van der Waals surface area contributed by atoms with Crippen molar-refractivity contribution in [2.24, 2.45) is 0 Å². The molecule has 2 aromatic carbocycles. The molecule has 0 aliphatic rings. The van der Waals surface area contributed by atoms with Crippen molar-refractivity contribution in [3.8, 4) is 5.75 Å². The lowest BCUT2D eigenvalue weighted by molar-refractivity contribution is -0.00469. The molecule has 0 spiro atoms. The first-order valence-corrected chi connectivity index (χ1v) is 8.24. The lowest BCUT2D eigenvalue weighted by Crippen LogP contribution is -2.13. The number of aromatic hydroxyl groups is 1. The van der Waals surface area contributed by atoms with Crippen LogP contribution in [0.1, 0.15) is 31.3 Å². The number of carbonyl (C=O) groups is 1. The number of alkyl halides is 2. The van der Waals surface area contributed by atoms with Gasteiger partial charge in [-0.25, -0.2) is 0 Å². The average Bonchev–Trinajstić information content (AvgIpc) is 2.90. The summed E-state index contributed by atoms with van der Waals surface area (Å²) < 4.78 is 49.1. The van der Waals surface area contributed by atoms with Crippen molar-refractivity contribution in [3.63, 3.8) is 0 Å². The van der Waals surface area contributed by atoms with Crippen molar-refractivity contribution in [2.45, 2.75) is 12.8 Å². The monoisotopic (exact) mass is 460 g/mol. The van der Waals surface area contributed by atoms with Crippen LogP contribution in [0.25, 0.3) is 11.0 Å². The second-order valence-corrected chi connectivity index (χ2v) is 6.88. The van der Waals surface area contributed by atoms with E-state index in [2.05, 4.69) is 31.9 Å². The lowest BCUT2D eigenvalue weighted by atomic mass is 9.98. The van der Waals surface area contributed by atoms with Crippen LogP contribution in [0.5, 0.6) is 5.75 Å². The number of rotatable bonds is 3. The third-order valence-corrected chi connectivity index (χ3v) is 4.59. The Hall–Kier alpha value is -1.73. The maximum Gasteiger partial charge on any atom is 0.302 e. The predicted molar refractivity (Wildman–Crippen MR) is 92.7 cm³/mol. The number of hydrogen-bond donors (Lipinski definition) is 1. The first-order chi connectivity index (χ1) is 12.0. The molecule has 0 radical (unpaired) electrons. The molecular formula is C17H10Br2F2O3. The summed E-state index contributed by atoms with van der Waals surface area (Å²) in [5.74, 6) is -5.16. The van der Waals surface area contributed by atoms with Gasteiger partial charge < -0.3 is 9.52 Å². The van der Waals surface area contributed by atoms with Crippen LogP contribution in [0.15, 0.2) is 49.7 Å². The third-order valence-electron chi connectivity index (χ3n) is 3.38. The Kier molecular flexibility index (Phi) is 3.63. The minimum absolute atomic E-state index is 0.0350. The van der Waals surface area contributed by atoms with Crippen LogP contribution in [0, 0.1) is 0 Å². The molecule has 24 heavy (non-hydrogen) atoms. The van der Waals surface area contributed by atoms with E-state index in [1.807, 2.05) is 0 Å². The number of halogens is 4. The molecule has 0 unspecified atom stereocenters. The van der Waals surface area contributed by atoms with Crippen LogP contribution >= 0.6 is 31.9 Å². The average molecular weight is 462 g/mol. The summed E-state index contributed by atoms with van der Waals surface area (Å²) >= 11 is 6.20. The van der Waals surface area contributed by atoms with Crippen molar-refractivity contribution in [3.05, 3.63) is 62.2 Å². The molecule has 124 valence electrons. The van der Waals surface area contributed by atoms with Crippen molar-refractivity contribution in [1.82, 2.24) is 0 Å². The van der Waals surface area contributed by atoms with Crippen molar-refractivity contribution in [2.75, 3.05) is 0 Å². The number of para-hydroxylation sites is 1. The molecule has 3 rings (SSSR count). The molecule has 0 bridgehead atoms. The van der Waals surface area contributed by atoms with Crippen molar-refractivity contribution >= 4 is 48.6 Å². The number of hydrogen-bond acceptors (Lipinski definition) is 3. The Balaban J connectivity index is 2.32. The second kappa shape index (κ2) is 5.97. The Morgan fingerprint density at radius 2 is 1.83 bits per heavy atom. The highest BCUT2D eigenvalue weighted by molar-refractivity contribution is 9.11. The zero-order valence-corrected chi connectivity index (χ0v) is 15.3. The summed E-state index contributed by atoms with van der Waals surface area (Å²) in [5, 5.41) is 9.81. The summed E-state index contributed by atoms with van der Waals surface area (Å²) in [7, 11) is 0. The highest BCUT2D eigenvalue weighted by atomic mass is 79.9. The van der Waals surface area contributed by atoms with Gasteiger partial charge in [-0.2, -0.15) is 8.78 Å². The van der Waals surface area contributed by atoms with Crippen LogP contribution in [0.4, 0.5) is 8.78 Å². The highest BCUT2D eigenvalue weighted by Gasteiger charge is 2.36. The second-order valence-electron chi connectivity index (χ2n) is 5.17. The SMILES string of the molecule is [2H]c1cc2oc(C(C)(F)F)c(C(=O)c3cc(Br)c(O)c(Br)c3)c2cc1[2H]. The maximum absolute atomic E-state index is 14.1. The number of phenolic OH excluding ortho intramolecular Hbond substituents is 1. The molecule has 7 heteroatoms. The van der Waals surface area contributed by atoms with E-state index >= 15 is 0 Å². The molecule has 0 aliphatic heterocycles. The Morgan fingerprint density at radius 3 is 2.42 bits per heavy atom. The standard InChI is InChI=1S/C17H10Br2F2O3/c1-17(20,21)16-13(9-4-2-3-5-12(9)24-16)14(22)8-6-10(18)15(23)11(19)7-8/h2-7,23H,1H3/i2D,3D. The lowest BCUT2D eigenvalue weighted by Gasteiger charge is -2.10. The number of benzene rings is 2. The van der Waals surface area contributed by atoms with Gasteiger partial charge in [0.05, 0.1) is 17.3 Å². The molecule has 0 atom stereocenters. The zero-order valence-electron chi connectivity index (χ0n) is 14.1. The van der Waals surface area contributed by atoms with Gasteiger partial charge in [0.1, 0.15) is 11.3 Å². The minimum Gasteiger partial charge on any atom is -0.506 e. The normalized spacial score (nSPS) is 13.0. The van der Waals surface area contributed by atoms with Crippen LogP contribution in [0.3, 0.4) is 0 Å². The fraction of sp³-hybridized carbons (Fsp3) is 0.118. The molecule has 0 aliphatic carbocycles. The first kappa shape index (κ1) is 14.6. The molecule has 0 saturated carbocycles. The molecule has 0 saturated heterocycles. The van der Waals surface area contributed by atoms with Crippen LogP contribution in [-0.2, 0) is 5.92 Å². The summed E-state index contributed by atoms with van der Waals surface area (Å²) in [6.07, 6.45) is 0. The Bertz CT molecular complexity index is 1040. The largest absolute Gasteiger partial charge is 0.506 e. The van der Waals surface area contributed by atoms with E-state index in [4.69, 9.17) is 7.16 Å². The fourth-order valence-corrected chi connectivity index (χ4v) is 3.49. The van der Waals surface area contributed by atoms with E-state index in [-0.39, 0.29) is 48.9 Å². The summed E-state index contributed by atoms with van der Waals surface area (Å²) in [4.78, 5) is 13.0. The number of ketones is 1. The molecular weight excluding hydrogens is 450 g/mol. The molecule has 1 heterocycles. The number of phenols is 1. The number of carbonyl (C=O) groups excluding carboxylic acids is 1. The smallest absolute Gasteiger partial charge is 0.302 e. The molecule has 0 fully saturated rings. The summed E-state index contributed by atoms with van der Waals surface area (Å²) in [5.41, 5.74) is -0.399. The van der Waals surface area contributed by atoms with Gasteiger partial charge in [-0.1, -0.05) is 18.2 Å². The van der Waals surface area contributed by atoms with Gasteiger partial charge in [0.25, 0.3) is 0 Å². The minimum atomic E-state index is -3.44. The highest BCUT2D eigenvalue weighted by Crippen LogP contribution is 2.39. The number of fused-ring (bicyclic) bond motifs is 1. The summed E-state index contributed by atoms with van der Waals surface area (Å²) in [6, 6.07) is 4.48. The van der Waals surface area contributed by atoms with Gasteiger partial charge in [0.2, 0.25) is 0 Å². The molecule has 0 amide bonds. The third kappa shape index (κ3) is 2.86. The van der Waals surface area contributed by atoms with Crippen LogP contribution in [0.2, 0.25) is 0 Å². The predicted octanol–water partition coefficient (Wildman–Crippen LogP) is 6.01. The Labute approximate surface area is 155 Å². The fourth-order valence-electron chi connectivity index (χ4n) is 2.31. The summed E-state index contributed by atoms with van der Waals surface area (Å²) in [6.45, 7) is 0.605. The van der Waals surface area contributed by atoms with E-state index in [0.29, 0.717) is 6.92 Å². The molecule has 1 N–H and O–H groups in total. The number of furan rings is 1. The molecule has 3 nitrogen and oxygen atoms in total. The topological polar surface area (TPSA) is 50.4 Å². The maximum atomic E-state index is 14.1. The van der Waals surface area contributed by atoms with Gasteiger partial charge in [0.15, 0.2) is 11.5 Å². The quantitative estimate of drug-likeness (QED) is 0.486.